The summed E-state index contributed by atoms with van der Waals surface area (Å²) < 4.78 is 4.98. The monoisotopic (exact) mass is 374 g/mol. The first kappa shape index (κ1) is 19.7. The van der Waals surface area contributed by atoms with E-state index in [9.17, 15) is 14.4 Å². The number of esters is 1. The van der Waals surface area contributed by atoms with Gasteiger partial charge in [0, 0.05) is 25.7 Å². The minimum atomic E-state index is -0.521. The van der Waals surface area contributed by atoms with Crippen molar-refractivity contribution in [3.05, 3.63) is 57.8 Å². The van der Waals surface area contributed by atoms with Gasteiger partial charge in [-0.25, -0.2) is 0 Å². The minimum absolute atomic E-state index is 0.0130. The van der Waals surface area contributed by atoms with Crippen LogP contribution >= 0.6 is 11.3 Å². The normalized spacial score (nSPS) is 10.2. The summed E-state index contributed by atoms with van der Waals surface area (Å²) in [5, 5.41) is 6.59. The van der Waals surface area contributed by atoms with Crippen LogP contribution in [0.3, 0.4) is 0 Å². The lowest BCUT2D eigenvalue weighted by Gasteiger charge is -2.16. The Morgan fingerprint density at radius 2 is 1.96 bits per heavy atom. The number of carbonyl (C=O) groups excluding carboxylic acids is 3. The van der Waals surface area contributed by atoms with Gasteiger partial charge in [-0.05, 0) is 40.9 Å². The van der Waals surface area contributed by atoms with Crippen LogP contribution in [-0.2, 0) is 20.9 Å². The van der Waals surface area contributed by atoms with E-state index in [1.54, 1.807) is 30.5 Å². The van der Waals surface area contributed by atoms with Gasteiger partial charge in [0.05, 0.1) is 6.42 Å². The number of ether oxygens (including phenoxy) is 1. The second-order valence-electron chi connectivity index (χ2n) is 5.86. The summed E-state index contributed by atoms with van der Waals surface area (Å²) in [4.78, 5) is 37.2. The highest BCUT2D eigenvalue weighted by molar-refractivity contribution is 7.07. The molecule has 2 amide bonds. The number of rotatable bonds is 8. The van der Waals surface area contributed by atoms with Crippen LogP contribution in [0.5, 0.6) is 0 Å². The topological polar surface area (TPSA) is 75.7 Å². The summed E-state index contributed by atoms with van der Waals surface area (Å²) in [5.41, 5.74) is 2.48. The zero-order valence-corrected chi connectivity index (χ0v) is 15.7. The fourth-order valence-corrected chi connectivity index (χ4v) is 2.93. The lowest BCUT2D eigenvalue weighted by molar-refractivity contribution is -0.151. The molecule has 0 saturated heterocycles. The summed E-state index contributed by atoms with van der Waals surface area (Å²) >= 11 is 1.56. The summed E-state index contributed by atoms with van der Waals surface area (Å²) in [7, 11) is 1.66. The third-order valence-corrected chi connectivity index (χ3v) is 4.52. The van der Waals surface area contributed by atoms with Crippen molar-refractivity contribution in [3.63, 3.8) is 0 Å². The number of amides is 2. The van der Waals surface area contributed by atoms with Gasteiger partial charge in [-0.15, -0.1) is 0 Å². The Hall–Kier alpha value is -2.67. The molecular weight excluding hydrogens is 352 g/mol. The quantitative estimate of drug-likeness (QED) is 0.720. The lowest BCUT2D eigenvalue weighted by atomic mass is 10.1. The average molecular weight is 374 g/mol. The van der Waals surface area contributed by atoms with Crippen LogP contribution in [0, 0.1) is 6.92 Å². The second kappa shape index (κ2) is 9.72. The molecular formula is C19H22N2O4S. The summed E-state index contributed by atoms with van der Waals surface area (Å²) in [5.74, 6) is -1.02. The Balaban J connectivity index is 1.66. The number of carbonyl (C=O) groups is 3. The van der Waals surface area contributed by atoms with Crippen LogP contribution in [0.2, 0.25) is 0 Å². The van der Waals surface area contributed by atoms with E-state index in [0.717, 1.165) is 11.1 Å². The summed E-state index contributed by atoms with van der Waals surface area (Å²) in [6.45, 7) is 2.18. The molecule has 0 fully saturated rings. The van der Waals surface area contributed by atoms with Crippen LogP contribution in [0.4, 0.5) is 0 Å². The molecule has 1 N–H and O–H groups in total. The molecule has 2 rings (SSSR count). The van der Waals surface area contributed by atoms with Crippen LogP contribution in [0.1, 0.15) is 27.9 Å². The number of likely N-dealkylation sites (N-methyl/N-ethyl adjacent to an activating group) is 1. The molecule has 0 atom stereocenters. The molecule has 2 aromatic rings. The van der Waals surface area contributed by atoms with Gasteiger partial charge < -0.3 is 15.0 Å². The van der Waals surface area contributed by atoms with E-state index >= 15 is 0 Å². The molecule has 0 aliphatic carbocycles. The molecule has 0 aliphatic heterocycles. The van der Waals surface area contributed by atoms with Crippen molar-refractivity contribution in [1.29, 1.82) is 0 Å². The maximum atomic E-state index is 12.0. The number of hydrogen-bond donors (Lipinski definition) is 1. The van der Waals surface area contributed by atoms with E-state index < -0.39 is 5.97 Å². The number of thiophene rings is 1. The van der Waals surface area contributed by atoms with E-state index in [-0.39, 0.29) is 31.4 Å². The third kappa shape index (κ3) is 6.00. The van der Waals surface area contributed by atoms with Crippen molar-refractivity contribution >= 4 is 29.1 Å². The van der Waals surface area contributed by atoms with Gasteiger partial charge in [0.2, 0.25) is 0 Å². The Morgan fingerprint density at radius 1 is 1.19 bits per heavy atom. The van der Waals surface area contributed by atoms with Gasteiger partial charge in [0.15, 0.2) is 6.61 Å². The van der Waals surface area contributed by atoms with Crippen LogP contribution in [0.25, 0.3) is 0 Å². The molecule has 0 radical (unpaired) electrons. The van der Waals surface area contributed by atoms with Gasteiger partial charge in [0.25, 0.3) is 11.8 Å². The predicted octanol–water partition coefficient (Wildman–Crippen LogP) is 2.38. The lowest BCUT2D eigenvalue weighted by Crippen LogP contribution is -2.31. The molecule has 1 aromatic carbocycles. The van der Waals surface area contributed by atoms with Crippen molar-refractivity contribution in [1.82, 2.24) is 10.2 Å². The number of benzene rings is 1. The molecule has 0 aliphatic rings. The second-order valence-corrected chi connectivity index (χ2v) is 6.64. The first-order valence-electron chi connectivity index (χ1n) is 8.22. The van der Waals surface area contributed by atoms with E-state index in [2.05, 4.69) is 5.32 Å². The molecule has 0 bridgehead atoms. The van der Waals surface area contributed by atoms with Gasteiger partial charge in [0.1, 0.15) is 0 Å². The highest BCUT2D eigenvalue weighted by Crippen LogP contribution is 2.09. The predicted molar refractivity (Wildman–Crippen MR) is 99.9 cm³/mol. The largest absolute Gasteiger partial charge is 0.456 e. The molecule has 1 heterocycles. The Labute approximate surface area is 156 Å². The van der Waals surface area contributed by atoms with Gasteiger partial charge in [-0.1, -0.05) is 18.2 Å². The minimum Gasteiger partial charge on any atom is -0.456 e. The number of nitrogens with zero attached hydrogens (tertiary/aromatic N) is 1. The van der Waals surface area contributed by atoms with Crippen LogP contribution in [0.15, 0.2) is 41.1 Å². The molecule has 138 valence electrons. The Bertz CT molecular complexity index is 759. The van der Waals surface area contributed by atoms with Crippen molar-refractivity contribution in [3.8, 4) is 0 Å². The van der Waals surface area contributed by atoms with Gasteiger partial charge >= 0.3 is 5.97 Å². The van der Waals surface area contributed by atoms with Crippen LogP contribution in [-0.4, -0.2) is 42.9 Å². The first-order valence-corrected chi connectivity index (χ1v) is 9.16. The number of aryl methyl sites for hydroxylation is 1. The summed E-state index contributed by atoms with van der Waals surface area (Å²) in [6, 6.07) is 9.16. The fourth-order valence-electron chi connectivity index (χ4n) is 2.27. The number of nitrogens with one attached hydrogen (secondary N) is 1. The third-order valence-electron chi connectivity index (χ3n) is 3.79. The maximum Gasteiger partial charge on any atom is 0.308 e. The van der Waals surface area contributed by atoms with Crippen molar-refractivity contribution in [2.24, 2.45) is 0 Å². The van der Waals surface area contributed by atoms with Crippen molar-refractivity contribution in [2.45, 2.75) is 19.9 Å². The average Bonchev–Trinajstić information content (AvgIpc) is 3.12. The molecule has 0 unspecified atom stereocenters. The van der Waals surface area contributed by atoms with Gasteiger partial charge in [-0.2, -0.15) is 11.3 Å². The maximum absolute atomic E-state index is 12.0. The smallest absolute Gasteiger partial charge is 0.308 e. The Morgan fingerprint density at radius 3 is 2.65 bits per heavy atom. The molecule has 0 saturated carbocycles. The number of hydrogen-bond acceptors (Lipinski definition) is 5. The van der Waals surface area contributed by atoms with Crippen molar-refractivity contribution < 1.29 is 19.1 Å². The van der Waals surface area contributed by atoms with E-state index in [1.807, 2.05) is 35.9 Å². The standard InChI is InChI=1S/C19H22N2O4S/c1-14-5-3-4-6-16(14)19(24)20-9-7-18(23)25-12-17(22)21(2)11-15-8-10-26-13-15/h3-6,8,10,13H,7,9,11-12H2,1-2H3,(H,20,24). The van der Waals surface area contributed by atoms with Crippen LogP contribution < -0.4 is 5.32 Å². The van der Waals surface area contributed by atoms with E-state index in [4.69, 9.17) is 4.74 Å². The van der Waals surface area contributed by atoms with Gasteiger partial charge in [-0.3, -0.25) is 14.4 Å². The molecule has 26 heavy (non-hydrogen) atoms. The first-order chi connectivity index (χ1) is 12.5. The summed E-state index contributed by atoms with van der Waals surface area (Å²) in [6.07, 6.45) is 0.0130. The zero-order chi connectivity index (χ0) is 18.9. The Kier molecular flexibility index (Phi) is 7.35. The zero-order valence-electron chi connectivity index (χ0n) is 14.9. The SMILES string of the molecule is Cc1ccccc1C(=O)NCCC(=O)OCC(=O)N(C)Cc1ccsc1. The van der Waals surface area contributed by atoms with Crippen molar-refractivity contribution in [2.75, 3.05) is 20.2 Å². The molecule has 0 spiro atoms. The van der Waals surface area contributed by atoms with E-state index in [1.165, 1.54) is 4.90 Å². The molecule has 6 nitrogen and oxygen atoms in total. The van der Waals surface area contributed by atoms with E-state index in [0.29, 0.717) is 12.1 Å². The fraction of sp³-hybridized carbons (Fsp3) is 0.316. The molecule has 7 heteroatoms. The highest BCUT2D eigenvalue weighted by Gasteiger charge is 2.13. The highest BCUT2D eigenvalue weighted by atomic mass is 32.1. The molecule has 1 aromatic heterocycles.